The Bertz CT molecular complexity index is 680. The van der Waals surface area contributed by atoms with Crippen LogP contribution in [0.5, 0.6) is 0 Å². The average Bonchev–Trinajstić information content (AvgIpc) is 3.11. The molecule has 0 aliphatic carbocycles. The summed E-state index contributed by atoms with van der Waals surface area (Å²) in [5, 5.41) is 7.40. The number of nitrogens with one attached hydrogen (secondary N) is 3. The summed E-state index contributed by atoms with van der Waals surface area (Å²) in [4.78, 5) is 72.7. The summed E-state index contributed by atoms with van der Waals surface area (Å²) in [5.74, 6) is -1.26. The van der Waals surface area contributed by atoms with E-state index in [0.717, 1.165) is 14.2 Å². The molecule has 0 atom stereocenters. The zero-order chi connectivity index (χ0) is 24.6. The molecule has 0 aromatic carbocycles. The van der Waals surface area contributed by atoms with Crippen LogP contribution in [0.3, 0.4) is 0 Å². The number of methoxy groups -OCH3 is 2. The van der Waals surface area contributed by atoms with Crippen molar-refractivity contribution in [3.63, 3.8) is 0 Å². The third-order valence-electron chi connectivity index (χ3n) is 3.73. The first-order chi connectivity index (χ1) is 15.8. The fraction of sp³-hybridized carbons (Fsp3) is 0.647. The standard InChI is InChI=1S/C17H26N4O12/c1-28-14(24)19-9-11(10-20-15(25)29-2)32-16(26)18-5-6-30-7-8-31-17(27)33-21-12(22)3-4-13(21)23/h11H,3-10H2,1-2H3,(H,18,26)(H,19,24)(H,20,25). The number of carbonyl (C=O) groups excluding carboxylic acids is 6. The lowest BCUT2D eigenvalue weighted by Gasteiger charge is -2.18. The summed E-state index contributed by atoms with van der Waals surface area (Å²) in [6, 6.07) is 0. The van der Waals surface area contributed by atoms with Gasteiger partial charge in [-0.15, -0.1) is 0 Å². The van der Waals surface area contributed by atoms with E-state index in [1.54, 1.807) is 0 Å². The lowest BCUT2D eigenvalue weighted by atomic mass is 10.3. The predicted octanol–water partition coefficient (Wildman–Crippen LogP) is -0.973. The number of hydroxylamine groups is 2. The predicted molar refractivity (Wildman–Crippen MR) is 103 cm³/mol. The van der Waals surface area contributed by atoms with E-state index >= 15 is 0 Å². The highest BCUT2D eigenvalue weighted by atomic mass is 16.8. The van der Waals surface area contributed by atoms with Gasteiger partial charge in [-0.2, -0.15) is 0 Å². The maximum atomic E-state index is 11.9. The van der Waals surface area contributed by atoms with E-state index in [9.17, 15) is 28.8 Å². The Kier molecular flexibility index (Phi) is 12.4. The molecule has 1 heterocycles. The normalized spacial score (nSPS) is 12.8. The Labute approximate surface area is 188 Å². The number of nitrogens with zero attached hydrogens (tertiary/aromatic N) is 1. The second kappa shape index (κ2) is 15.1. The molecule has 1 aliphatic heterocycles. The molecule has 0 saturated carbocycles. The van der Waals surface area contributed by atoms with Crippen LogP contribution in [-0.4, -0.2) is 101 Å². The van der Waals surface area contributed by atoms with E-state index in [2.05, 4.69) is 35.0 Å². The van der Waals surface area contributed by atoms with Crippen LogP contribution in [0.2, 0.25) is 0 Å². The monoisotopic (exact) mass is 478 g/mol. The number of rotatable bonds is 12. The van der Waals surface area contributed by atoms with Crippen molar-refractivity contribution in [1.29, 1.82) is 0 Å². The second-order valence-corrected chi connectivity index (χ2v) is 6.08. The minimum Gasteiger partial charge on any atom is -0.453 e. The maximum absolute atomic E-state index is 11.9. The number of alkyl carbamates (subject to hydrolysis) is 3. The van der Waals surface area contributed by atoms with Crippen LogP contribution in [0.1, 0.15) is 12.8 Å². The third-order valence-corrected chi connectivity index (χ3v) is 3.73. The lowest BCUT2D eigenvalue weighted by Crippen LogP contribution is -2.44. The van der Waals surface area contributed by atoms with Crippen LogP contribution < -0.4 is 16.0 Å². The summed E-state index contributed by atoms with van der Waals surface area (Å²) in [5.41, 5.74) is 0. The number of carbonyl (C=O) groups is 6. The molecule has 1 fully saturated rings. The van der Waals surface area contributed by atoms with E-state index in [4.69, 9.17) is 9.47 Å². The first kappa shape index (κ1) is 27.2. The van der Waals surface area contributed by atoms with Gasteiger partial charge in [-0.05, 0) is 0 Å². The molecule has 16 heteroatoms. The molecule has 0 radical (unpaired) electrons. The van der Waals surface area contributed by atoms with Gasteiger partial charge >= 0.3 is 24.4 Å². The Morgan fingerprint density at radius 2 is 1.42 bits per heavy atom. The average molecular weight is 478 g/mol. The van der Waals surface area contributed by atoms with Crippen molar-refractivity contribution in [3.8, 4) is 0 Å². The van der Waals surface area contributed by atoms with E-state index in [1.807, 2.05) is 0 Å². The van der Waals surface area contributed by atoms with Gasteiger partial charge in [0.05, 0.1) is 40.5 Å². The van der Waals surface area contributed by atoms with Gasteiger partial charge in [0.25, 0.3) is 11.8 Å². The van der Waals surface area contributed by atoms with Crippen molar-refractivity contribution in [1.82, 2.24) is 21.0 Å². The quantitative estimate of drug-likeness (QED) is 0.134. The molecule has 0 spiro atoms. The van der Waals surface area contributed by atoms with E-state index in [0.29, 0.717) is 5.06 Å². The van der Waals surface area contributed by atoms with Crippen LogP contribution in [0, 0.1) is 0 Å². The topological polar surface area (TPSA) is 197 Å². The van der Waals surface area contributed by atoms with E-state index < -0.39 is 42.4 Å². The Morgan fingerprint density at radius 1 is 0.848 bits per heavy atom. The molecule has 1 aliphatic rings. The Morgan fingerprint density at radius 3 is 1.97 bits per heavy atom. The first-order valence-corrected chi connectivity index (χ1v) is 9.63. The SMILES string of the molecule is COC(=O)NCC(CNC(=O)OC)OC(=O)NCCOCCOC(=O)ON1C(=O)CCC1=O. The third kappa shape index (κ3) is 11.4. The van der Waals surface area contributed by atoms with Crippen LogP contribution in [0.15, 0.2) is 0 Å². The van der Waals surface area contributed by atoms with Gasteiger partial charge in [0.15, 0.2) is 0 Å². The lowest BCUT2D eigenvalue weighted by molar-refractivity contribution is -0.177. The van der Waals surface area contributed by atoms with Crippen molar-refractivity contribution in [2.45, 2.75) is 18.9 Å². The Hall–Kier alpha value is -3.82. The smallest absolute Gasteiger partial charge is 0.453 e. The fourth-order valence-electron chi connectivity index (χ4n) is 2.16. The summed E-state index contributed by atoms with van der Waals surface area (Å²) in [6.07, 6.45) is -4.56. The molecule has 186 valence electrons. The summed E-state index contributed by atoms with van der Waals surface area (Å²) >= 11 is 0. The highest BCUT2D eigenvalue weighted by molar-refractivity contribution is 6.01. The van der Waals surface area contributed by atoms with Crippen LogP contribution in [-0.2, 0) is 38.1 Å². The maximum Gasteiger partial charge on any atom is 0.534 e. The summed E-state index contributed by atoms with van der Waals surface area (Å²) in [7, 11) is 2.32. The van der Waals surface area contributed by atoms with Gasteiger partial charge in [0.2, 0.25) is 0 Å². The van der Waals surface area contributed by atoms with Gasteiger partial charge in [0, 0.05) is 19.4 Å². The minimum atomic E-state index is -1.23. The zero-order valence-corrected chi connectivity index (χ0v) is 18.1. The second-order valence-electron chi connectivity index (χ2n) is 6.08. The van der Waals surface area contributed by atoms with Crippen molar-refractivity contribution < 1.29 is 57.3 Å². The van der Waals surface area contributed by atoms with E-state index in [1.165, 1.54) is 0 Å². The zero-order valence-electron chi connectivity index (χ0n) is 18.1. The molecular weight excluding hydrogens is 452 g/mol. The molecule has 16 nitrogen and oxygen atoms in total. The fourth-order valence-corrected chi connectivity index (χ4v) is 2.16. The molecule has 0 aromatic rings. The molecule has 0 unspecified atom stereocenters. The molecular formula is C17H26N4O12. The molecule has 33 heavy (non-hydrogen) atoms. The van der Waals surface area contributed by atoms with Gasteiger partial charge < -0.3 is 39.6 Å². The van der Waals surface area contributed by atoms with Crippen molar-refractivity contribution in [2.24, 2.45) is 0 Å². The Balaban J connectivity index is 2.18. The van der Waals surface area contributed by atoms with Gasteiger partial charge in [-0.1, -0.05) is 5.06 Å². The number of hydrogen-bond donors (Lipinski definition) is 3. The van der Waals surface area contributed by atoms with Crippen molar-refractivity contribution in [2.75, 3.05) is 53.7 Å². The highest BCUT2D eigenvalue weighted by Crippen LogP contribution is 2.12. The number of amides is 5. The minimum absolute atomic E-state index is 0.0294. The van der Waals surface area contributed by atoms with Crippen LogP contribution in [0.4, 0.5) is 19.2 Å². The van der Waals surface area contributed by atoms with Crippen LogP contribution >= 0.6 is 0 Å². The molecule has 1 rings (SSSR count). The van der Waals surface area contributed by atoms with E-state index in [-0.39, 0.29) is 52.3 Å². The van der Waals surface area contributed by atoms with Crippen molar-refractivity contribution >= 4 is 36.2 Å². The number of hydrogen-bond acceptors (Lipinski definition) is 12. The van der Waals surface area contributed by atoms with Crippen molar-refractivity contribution in [3.05, 3.63) is 0 Å². The van der Waals surface area contributed by atoms with Gasteiger partial charge in [-0.3, -0.25) is 14.4 Å². The molecule has 0 aromatic heterocycles. The molecule has 1 saturated heterocycles. The van der Waals surface area contributed by atoms with Gasteiger partial charge in [0.1, 0.15) is 12.7 Å². The summed E-state index contributed by atoms with van der Waals surface area (Å²) < 4.78 is 23.7. The summed E-state index contributed by atoms with van der Waals surface area (Å²) in [6.45, 7) is -0.489. The first-order valence-electron chi connectivity index (χ1n) is 9.63. The largest absolute Gasteiger partial charge is 0.534 e. The van der Waals surface area contributed by atoms with Gasteiger partial charge in [-0.25, -0.2) is 19.2 Å². The van der Waals surface area contributed by atoms with Crippen LogP contribution in [0.25, 0.3) is 0 Å². The molecule has 3 N–H and O–H groups in total. The number of imide groups is 1. The highest BCUT2D eigenvalue weighted by Gasteiger charge is 2.33. The number of ether oxygens (including phenoxy) is 5. The molecule has 0 bridgehead atoms. The molecule has 5 amide bonds.